The average Bonchev–Trinajstić information content (AvgIpc) is 3.06. The Kier molecular flexibility index (Phi) is 4.72. The number of anilines is 2. The van der Waals surface area contributed by atoms with Crippen LogP contribution in [0.15, 0.2) is 30.6 Å². The molecule has 4 rings (SSSR count). The third-order valence-corrected chi connectivity index (χ3v) is 5.72. The van der Waals surface area contributed by atoms with Gasteiger partial charge in [0.1, 0.15) is 0 Å². The Balaban J connectivity index is 1.43. The fourth-order valence-electron chi connectivity index (χ4n) is 3.05. The molecule has 130 valence electrons. The number of hydrogen-bond acceptors (Lipinski definition) is 6. The number of benzene rings is 1. The van der Waals surface area contributed by atoms with Crippen LogP contribution in [0.25, 0.3) is 10.2 Å². The van der Waals surface area contributed by atoms with E-state index in [-0.39, 0.29) is 0 Å². The lowest BCUT2D eigenvalue weighted by atomic mass is 10.2. The monoisotopic (exact) mass is 373 g/mol. The van der Waals surface area contributed by atoms with Crippen LogP contribution in [0.2, 0.25) is 5.02 Å². The number of aromatic nitrogens is 3. The Morgan fingerprint density at radius 1 is 1.08 bits per heavy atom. The summed E-state index contributed by atoms with van der Waals surface area (Å²) < 4.78 is 1.14. The Labute approximate surface area is 156 Å². The van der Waals surface area contributed by atoms with E-state index in [0.717, 1.165) is 65.3 Å². The SMILES string of the molecule is CCCc1cnc(N2CCN(c3nc4ccc(Cl)cc4s3)CC2)nc1. The van der Waals surface area contributed by atoms with Crippen LogP contribution in [0, 0.1) is 0 Å². The van der Waals surface area contributed by atoms with Gasteiger partial charge >= 0.3 is 0 Å². The molecule has 0 saturated carbocycles. The third kappa shape index (κ3) is 3.55. The smallest absolute Gasteiger partial charge is 0.225 e. The van der Waals surface area contributed by atoms with Crippen LogP contribution in [-0.4, -0.2) is 41.1 Å². The van der Waals surface area contributed by atoms with Crippen molar-refractivity contribution in [2.24, 2.45) is 0 Å². The van der Waals surface area contributed by atoms with Crippen LogP contribution in [-0.2, 0) is 6.42 Å². The number of aryl methyl sites for hydroxylation is 1. The molecular weight excluding hydrogens is 354 g/mol. The predicted molar refractivity (Wildman–Crippen MR) is 105 cm³/mol. The number of piperazine rings is 1. The number of hydrogen-bond donors (Lipinski definition) is 0. The molecule has 1 aromatic carbocycles. The van der Waals surface area contributed by atoms with Crippen molar-refractivity contribution in [1.82, 2.24) is 15.0 Å². The van der Waals surface area contributed by atoms with Gasteiger partial charge < -0.3 is 9.80 Å². The standard InChI is InChI=1S/C18H20ClN5S/c1-2-3-13-11-20-17(21-12-13)23-6-8-24(9-7-23)18-22-15-5-4-14(19)10-16(15)25-18/h4-5,10-12H,2-3,6-9H2,1H3. The van der Waals surface area contributed by atoms with Gasteiger partial charge in [0.15, 0.2) is 5.13 Å². The minimum absolute atomic E-state index is 0.760. The van der Waals surface area contributed by atoms with Crippen molar-refractivity contribution in [3.05, 3.63) is 41.2 Å². The lowest BCUT2D eigenvalue weighted by molar-refractivity contribution is 0.638. The molecule has 3 heterocycles. The molecule has 1 fully saturated rings. The van der Waals surface area contributed by atoms with Crippen molar-refractivity contribution in [3.8, 4) is 0 Å². The molecule has 1 aliphatic rings. The quantitative estimate of drug-likeness (QED) is 0.691. The normalized spacial score (nSPS) is 15.1. The lowest BCUT2D eigenvalue weighted by Gasteiger charge is -2.34. The molecule has 0 radical (unpaired) electrons. The molecule has 0 unspecified atom stereocenters. The van der Waals surface area contributed by atoms with Crippen LogP contribution in [0.3, 0.4) is 0 Å². The maximum Gasteiger partial charge on any atom is 0.225 e. The van der Waals surface area contributed by atoms with E-state index < -0.39 is 0 Å². The molecule has 7 heteroatoms. The van der Waals surface area contributed by atoms with Crippen LogP contribution < -0.4 is 9.80 Å². The summed E-state index contributed by atoms with van der Waals surface area (Å²) in [5.74, 6) is 0.829. The van der Waals surface area contributed by atoms with Crippen molar-refractivity contribution in [3.63, 3.8) is 0 Å². The van der Waals surface area contributed by atoms with Crippen LogP contribution in [0.5, 0.6) is 0 Å². The minimum Gasteiger partial charge on any atom is -0.345 e. The highest BCUT2D eigenvalue weighted by atomic mass is 35.5. The summed E-state index contributed by atoms with van der Waals surface area (Å²) in [7, 11) is 0. The van der Waals surface area contributed by atoms with E-state index >= 15 is 0 Å². The van der Waals surface area contributed by atoms with Gasteiger partial charge in [-0.25, -0.2) is 15.0 Å². The second kappa shape index (κ2) is 7.14. The van der Waals surface area contributed by atoms with E-state index in [1.165, 1.54) is 5.56 Å². The summed E-state index contributed by atoms with van der Waals surface area (Å²) in [5, 5.41) is 1.83. The maximum atomic E-state index is 6.08. The van der Waals surface area contributed by atoms with Crippen LogP contribution >= 0.6 is 22.9 Å². The summed E-state index contributed by atoms with van der Waals surface area (Å²) in [4.78, 5) is 18.4. The zero-order valence-corrected chi connectivity index (χ0v) is 15.7. The molecular formula is C18H20ClN5S. The zero-order valence-electron chi connectivity index (χ0n) is 14.2. The van der Waals surface area contributed by atoms with Crippen molar-refractivity contribution in [2.45, 2.75) is 19.8 Å². The number of thiazole rings is 1. The van der Waals surface area contributed by atoms with E-state index in [9.17, 15) is 0 Å². The first-order valence-electron chi connectivity index (χ1n) is 8.60. The topological polar surface area (TPSA) is 45.2 Å². The van der Waals surface area contributed by atoms with E-state index in [1.54, 1.807) is 11.3 Å². The highest BCUT2D eigenvalue weighted by molar-refractivity contribution is 7.22. The molecule has 5 nitrogen and oxygen atoms in total. The highest BCUT2D eigenvalue weighted by Crippen LogP contribution is 2.31. The first-order chi connectivity index (χ1) is 12.2. The summed E-state index contributed by atoms with van der Waals surface area (Å²) in [6, 6.07) is 5.87. The van der Waals surface area contributed by atoms with Gasteiger partial charge in [0.2, 0.25) is 5.95 Å². The van der Waals surface area contributed by atoms with Crippen molar-refractivity contribution in [2.75, 3.05) is 36.0 Å². The van der Waals surface area contributed by atoms with E-state index in [1.807, 2.05) is 30.6 Å². The summed E-state index contributed by atoms with van der Waals surface area (Å²) in [6.45, 7) is 5.83. The van der Waals surface area contributed by atoms with Gasteiger partial charge in [-0.3, -0.25) is 0 Å². The molecule has 0 aliphatic carbocycles. The first-order valence-corrected chi connectivity index (χ1v) is 9.79. The fourth-order valence-corrected chi connectivity index (χ4v) is 4.34. The van der Waals surface area contributed by atoms with Crippen molar-refractivity contribution in [1.29, 1.82) is 0 Å². The molecule has 1 saturated heterocycles. The van der Waals surface area contributed by atoms with Crippen LogP contribution in [0.4, 0.5) is 11.1 Å². The predicted octanol–water partition coefficient (Wildman–Crippen LogP) is 4.02. The molecule has 0 amide bonds. The Morgan fingerprint density at radius 2 is 1.80 bits per heavy atom. The Morgan fingerprint density at radius 3 is 2.52 bits per heavy atom. The largest absolute Gasteiger partial charge is 0.345 e. The molecule has 0 spiro atoms. The molecule has 25 heavy (non-hydrogen) atoms. The molecule has 1 aliphatic heterocycles. The molecule has 3 aromatic rings. The summed E-state index contributed by atoms with van der Waals surface area (Å²) in [6.07, 6.45) is 6.06. The molecule has 0 atom stereocenters. The van der Waals surface area contributed by atoms with Crippen LogP contribution in [0.1, 0.15) is 18.9 Å². The Hall–Kier alpha value is -1.92. The second-order valence-corrected chi connectivity index (χ2v) is 7.67. The highest BCUT2D eigenvalue weighted by Gasteiger charge is 2.21. The van der Waals surface area contributed by atoms with Gasteiger partial charge in [-0.05, 0) is 30.2 Å². The number of halogens is 1. The van der Waals surface area contributed by atoms with Gasteiger partial charge in [-0.15, -0.1) is 0 Å². The summed E-state index contributed by atoms with van der Waals surface area (Å²) >= 11 is 7.78. The van der Waals surface area contributed by atoms with Gasteiger partial charge in [0.05, 0.1) is 10.2 Å². The van der Waals surface area contributed by atoms with Gasteiger partial charge in [0.25, 0.3) is 0 Å². The van der Waals surface area contributed by atoms with E-state index in [0.29, 0.717) is 0 Å². The van der Waals surface area contributed by atoms with Crippen molar-refractivity contribution >= 4 is 44.2 Å². The second-order valence-electron chi connectivity index (χ2n) is 6.22. The first kappa shape index (κ1) is 16.5. The number of fused-ring (bicyclic) bond motifs is 1. The van der Waals surface area contributed by atoms with E-state index in [2.05, 4.69) is 26.7 Å². The molecule has 2 aromatic heterocycles. The Bertz CT molecular complexity index is 856. The van der Waals surface area contributed by atoms with Gasteiger partial charge in [-0.2, -0.15) is 0 Å². The van der Waals surface area contributed by atoms with Gasteiger partial charge in [0, 0.05) is 43.6 Å². The number of nitrogens with zero attached hydrogens (tertiary/aromatic N) is 5. The van der Waals surface area contributed by atoms with Gasteiger partial charge in [-0.1, -0.05) is 36.3 Å². The minimum atomic E-state index is 0.760. The molecule has 0 bridgehead atoms. The fraction of sp³-hybridized carbons (Fsp3) is 0.389. The zero-order chi connectivity index (χ0) is 17.2. The van der Waals surface area contributed by atoms with Crippen molar-refractivity contribution < 1.29 is 0 Å². The average molecular weight is 374 g/mol. The number of rotatable bonds is 4. The lowest BCUT2D eigenvalue weighted by Crippen LogP contribution is -2.47. The third-order valence-electron chi connectivity index (χ3n) is 4.40. The van der Waals surface area contributed by atoms with E-state index in [4.69, 9.17) is 16.6 Å². The summed E-state index contributed by atoms with van der Waals surface area (Å²) in [5.41, 5.74) is 2.22. The molecule has 0 N–H and O–H groups in total. The maximum absolute atomic E-state index is 6.08.